The van der Waals surface area contributed by atoms with Crippen LogP contribution in [0.4, 0.5) is 4.79 Å². The summed E-state index contributed by atoms with van der Waals surface area (Å²) in [7, 11) is 0. The number of carbonyl (C=O) groups is 2. The van der Waals surface area contributed by atoms with Gasteiger partial charge in [-0.3, -0.25) is 4.79 Å². The minimum atomic E-state index is -0.655. The van der Waals surface area contributed by atoms with Crippen LogP contribution in [0.1, 0.15) is 48.0 Å². The molecule has 236 valence electrons. The summed E-state index contributed by atoms with van der Waals surface area (Å²) in [5, 5.41) is 15.4. The van der Waals surface area contributed by atoms with Gasteiger partial charge in [0.2, 0.25) is 0 Å². The fraction of sp³-hybridized carbons (Fsp3) is 0.303. The first-order chi connectivity index (χ1) is 21.8. The molecule has 0 saturated carbocycles. The second kappa shape index (κ2) is 15.4. The van der Waals surface area contributed by atoms with Gasteiger partial charge in [0.25, 0.3) is 0 Å². The van der Waals surface area contributed by atoms with E-state index in [1.54, 1.807) is 17.8 Å². The zero-order valence-electron chi connectivity index (χ0n) is 24.6. The quantitative estimate of drug-likeness (QED) is 0.171. The van der Waals surface area contributed by atoms with Crippen molar-refractivity contribution in [1.82, 2.24) is 20.2 Å². The Kier molecular flexibility index (Phi) is 11.1. The number of aromatic nitrogens is 2. The Labute approximate surface area is 271 Å². The van der Waals surface area contributed by atoms with Crippen LogP contribution < -0.4 is 10.6 Å². The molecule has 1 aliphatic heterocycles. The van der Waals surface area contributed by atoms with E-state index in [-0.39, 0.29) is 43.7 Å². The minimum Gasteiger partial charge on any atom is -0.465 e. The topological polar surface area (TPSA) is 124 Å². The Morgan fingerprint density at radius 2 is 1.73 bits per heavy atom. The number of esters is 1. The van der Waals surface area contributed by atoms with Gasteiger partial charge in [0, 0.05) is 18.5 Å². The maximum Gasteiger partial charge on any atom is 0.325 e. The number of nitrogens with zero attached hydrogens (tertiary/aromatic N) is 2. The smallest absolute Gasteiger partial charge is 0.325 e. The molecule has 1 aliphatic rings. The van der Waals surface area contributed by atoms with Crippen LogP contribution in [-0.4, -0.2) is 45.9 Å². The van der Waals surface area contributed by atoms with Crippen LogP contribution in [0.15, 0.2) is 79.1 Å². The van der Waals surface area contributed by atoms with Crippen molar-refractivity contribution in [1.29, 1.82) is 0 Å². The van der Waals surface area contributed by atoms with E-state index in [9.17, 15) is 14.7 Å². The summed E-state index contributed by atoms with van der Waals surface area (Å²) in [4.78, 5) is 27.8. The van der Waals surface area contributed by atoms with Crippen molar-refractivity contribution in [3.63, 3.8) is 0 Å². The molecule has 4 aromatic rings. The molecule has 0 bridgehead atoms. The lowest BCUT2D eigenvalue weighted by Crippen LogP contribution is -2.38. The standard InChI is InChI=1S/C33H34Cl2N4O6/c1-2-43-29(41)17-37-33(42)36-16-25-5-3-4-6-27(25)22-11-13-24(14-12-22)32-44-26(18-39-20-38-30(34)31(39)35)15-28(45-32)23-9-7-21(19-40)8-10-23/h3-14,20,26,28,32,40H,2,15-19H2,1H3,(H2,36,37,42)/t26-,28+,32+/m1/s1. The Morgan fingerprint density at radius 3 is 2.42 bits per heavy atom. The van der Waals surface area contributed by atoms with E-state index in [0.29, 0.717) is 18.1 Å². The SMILES string of the molecule is CCOC(=O)CNC(=O)NCc1ccccc1-c1ccc([C@H]2O[C@@H](Cn3cnc(Cl)c3Cl)C[C@@H](c3ccc(CO)cc3)O2)cc1. The summed E-state index contributed by atoms with van der Waals surface area (Å²) in [6.07, 6.45) is 0.996. The predicted molar refractivity (Wildman–Crippen MR) is 169 cm³/mol. The van der Waals surface area contributed by atoms with E-state index in [4.69, 9.17) is 37.4 Å². The monoisotopic (exact) mass is 652 g/mol. The van der Waals surface area contributed by atoms with Crippen LogP contribution in [0, 0.1) is 0 Å². The highest BCUT2D eigenvalue weighted by Crippen LogP contribution is 2.39. The van der Waals surface area contributed by atoms with Gasteiger partial charge in [0.15, 0.2) is 11.4 Å². The number of hydrogen-bond donors (Lipinski definition) is 3. The van der Waals surface area contributed by atoms with Gasteiger partial charge in [-0.15, -0.1) is 0 Å². The number of aliphatic hydroxyl groups is 1. The molecule has 1 fully saturated rings. The molecular weight excluding hydrogens is 619 g/mol. The number of nitrogens with one attached hydrogen (secondary N) is 2. The second-order valence-corrected chi connectivity index (χ2v) is 11.2. The Hall–Kier alpha value is -3.93. The number of urea groups is 1. The predicted octanol–water partition coefficient (Wildman–Crippen LogP) is 5.96. The molecular formula is C33H34Cl2N4O6. The summed E-state index contributed by atoms with van der Waals surface area (Å²) in [5.41, 5.74) is 5.44. The Balaban J connectivity index is 1.31. The number of ether oxygens (including phenoxy) is 3. The van der Waals surface area contributed by atoms with Gasteiger partial charge in [0.05, 0.1) is 38.3 Å². The molecule has 1 saturated heterocycles. The lowest BCUT2D eigenvalue weighted by atomic mass is 9.97. The van der Waals surface area contributed by atoms with Crippen molar-refractivity contribution in [2.24, 2.45) is 0 Å². The van der Waals surface area contributed by atoms with Crippen LogP contribution in [0.3, 0.4) is 0 Å². The lowest BCUT2D eigenvalue weighted by Gasteiger charge is -2.36. The molecule has 0 spiro atoms. The van der Waals surface area contributed by atoms with Crippen LogP contribution in [0.2, 0.25) is 10.3 Å². The third kappa shape index (κ3) is 8.42. The van der Waals surface area contributed by atoms with E-state index in [0.717, 1.165) is 33.4 Å². The average Bonchev–Trinajstić information content (AvgIpc) is 3.38. The molecule has 3 atom stereocenters. The van der Waals surface area contributed by atoms with E-state index < -0.39 is 18.3 Å². The molecule has 0 unspecified atom stereocenters. The molecule has 5 rings (SSSR count). The first kappa shape index (κ1) is 32.5. The van der Waals surface area contributed by atoms with Crippen molar-refractivity contribution in [2.75, 3.05) is 13.2 Å². The normalized spacial score (nSPS) is 17.9. The third-order valence-electron chi connectivity index (χ3n) is 7.40. The third-order valence-corrected chi connectivity index (χ3v) is 8.17. The van der Waals surface area contributed by atoms with Gasteiger partial charge < -0.3 is 34.5 Å². The number of halogens is 2. The highest BCUT2D eigenvalue weighted by atomic mass is 35.5. The molecule has 10 nitrogen and oxygen atoms in total. The summed E-state index contributed by atoms with van der Waals surface area (Å²) in [6, 6.07) is 22.9. The zero-order chi connectivity index (χ0) is 31.8. The number of aliphatic hydroxyl groups excluding tert-OH is 1. The molecule has 1 aromatic heterocycles. The van der Waals surface area contributed by atoms with Crippen LogP contribution in [0.5, 0.6) is 0 Å². The molecule has 0 aliphatic carbocycles. The maximum absolute atomic E-state index is 12.2. The van der Waals surface area contributed by atoms with E-state index in [1.165, 1.54) is 0 Å². The summed E-state index contributed by atoms with van der Waals surface area (Å²) < 4.78 is 19.5. The van der Waals surface area contributed by atoms with Gasteiger partial charge in [-0.2, -0.15) is 0 Å². The van der Waals surface area contributed by atoms with E-state index in [1.807, 2.05) is 72.8 Å². The van der Waals surface area contributed by atoms with Crippen molar-refractivity contribution in [2.45, 2.75) is 51.5 Å². The minimum absolute atomic E-state index is 0.0335. The summed E-state index contributed by atoms with van der Waals surface area (Å²) in [6.45, 7) is 2.43. The van der Waals surface area contributed by atoms with Gasteiger partial charge in [-0.1, -0.05) is 96.0 Å². The van der Waals surface area contributed by atoms with E-state index in [2.05, 4.69) is 15.6 Å². The van der Waals surface area contributed by atoms with Crippen molar-refractivity contribution in [3.05, 3.63) is 112 Å². The van der Waals surface area contributed by atoms with Gasteiger partial charge >= 0.3 is 12.0 Å². The highest BCUT2D eigenvalue weighted by Gasteiger charge is 2.33. The average molecular weight is 654 g/mol. The van der Waals surface area contributed by atoms with Gasteiger partial charge in [-0.05, 0) is 34.7 Å². The first-order valence-electron chi connectivity index (χ1n) is 14.6. The Bertz CT molecular complexity index is 1600. The molecule has 45 heavy (non-hydrogen) atoms. The molecule has 2 heterocycles. The number of imidazole rings is 1. The largest absolute Gasteiger partial charge is 0.465 e. The lowest BCUT2D eigenvalue weighted by molar-refractivity contribution is -0.252. The molecule has 3 aromatic carbocycles. The number of carbonyl (C=O) groups excluding carboxylic acids is 2. The Morgan fingerprint density at radius 1 is 1.00 bits per heavy atom. The fourth-order valence-electron chi connectivity index (χ4n) is 5.10. The summed E-state index contributed by atoms with van der Waals surface area (Å²) >= 11 is 12.4. The van der Waals surface area contributed by atoms with Gasteiger partial charge in [0.1, 0.15) is 11.7 Å². The molecule has 12 heteroatoms. The number of benzene rings is 3. The van der Waals surface area contributed by atoms with Gasteiger partial charge in [-0.25, -0.2) is 9.78 Å². The van der Waals surface area contributed by atoms with Crippen molar-refractivity contribution in [3.8, 4) is 11.1 Å². The summed E-state index contributed by atoms with van der Waals surface area (Å²) in [5.74, 6) is -0.494. The molecule has 2 amide bonds. The number of amides is 2. The van der Waals surface area contributed by atoms with Crippen molar-refractivity contribution < 1.29 is 28.9 Å². The van der Waals surface area contributed by atoms with Crippen LogP contribution in [0.25, 0.3) is 11.1 Å². The van der Waals surface area contributed by atoms with Crippen LogP contribution >= 0.6 is 23.2 Å². The van der Waals surface area contributed by atoms with E-state index >= 15 is 0 Å². The molecule has 3 N–H and O–H groups in total. The first-order valence-corrected chi connectivity index (χ1v) is 15.3. The molecule has 0 radical (unpaired) electrons. The second-order valence-electron chi connectivity index (χ2n) is 10.4. The fourth-order valence-corrected chi connectivity index (χ4v) is 5.41. The maximum atomic E-state index is 12.2. The number of rotatable bonds is 11. The highest BCUT2D eigenvalue weighted by molar-refractivity contribution is 6.40. The van der Waals surface area contributed by atoms with Crippen molar-refractivity contribution >= 4 is 35.2 Å². The van der Waals surface area contributed by atoms with Crippen LogP contribution in [-0.2, 0) is 38.7 Å². The number of hydrogen-bond acceptors (Lipinski definition) is 7. The zero-order valence-corrected chi connectivity index (χ0v) is 26.1.